The lowest BCUT2D eigenvalue weighted by Gasteiger charge is -2.35. The summed E-state index contributed by atoms with van der Waals surface area (Å²) in [5.74, 6) is 4.96. The second kappa shape index (κ2) is 2.90. The summed E-state index contributed by atoms with van der Waals surface area (Å²) in [6, 6.07) is 0. The summed E-state index contributed by atoms with van der Waals surface area (Å²) in [4.78, 5) is 0. The summed E-state index contributed by atoms with van der Waals surface area (Å²) in [6.45, 7) is 9.75. The van der Waals surface area contributed by atoms with Crippen LogP contribution in [0.5, 0.6) is 0 Å². The lowest BCUT2D eigenvalue weighted by Crippen LogP contribution is -2.27. The van der Waals surface area contributed by atoms with Crippen molar-refractivity contribution in [3.05, 3.63) is 11.6 Å². The van der Waals surface area contributed by atoms with Gasteiger partial charge >= 0.3 is 0 Å². The molecule has 0 heteroatoms. The second-order valence-corrected chi connectivity index (χ2v) is 6.65. The van der Waals surface area contributed by atoms with Gasteiger partial charge in [-0.05, 0) is 61.2 Å². The first-order valence-corrected chi connectivity index (χ1v) is 6.75. The first-order valence-electron chi connectivity index (χ1n) is 6.75. The first-order chi connectivity index (χ1) is 7.09. The van der Waals surface area contributed by atoms with Crippen LogP contribution in [0.2, 0.25) is 0 Å². The summed E-state index contributed by atoms with van der Waals surface area (Å²) < 4.78 is 0. The van der Waals surface area contributed by atoms with Crippen molar-refractivity contribution in [1.29, 1.82) is 0 Å². The fraction of sp³-hybridized carbons (Fsp3) is 0.867. The van der Waals surface area contributed by atoms with Gasteiger partial charge in [-0.1, -0.05) is 32.4 Å². The van der Waals surface area contributed by atoms with Crippen molar-refractivity contribution >= 4 is 0 Å². The van der Waals surface area contributed by atoms with Gasteiger partial charge in [0, 0.05) is 0 Å². The van der Waals surface area contributed by atoms with Gasteiger partial charge in [0.1, 0.15) is 0 Å². The van der Waals surface area contributed by atoms with Crippen molar-refractivity contribution in [3.63, 3.8) is 0 Å². The van der Waals surface area contributed by atoms with Gasteiger partial charge in [0.15, 0.2) is 0 Å². The Labute approximate surface area is 94.1 Å². The Bertz CT molecular complexity index is 312. The van der Waals surface area contributed by atoms with Crippen molar-refractivity contribution in [3.8, 4) is 0 Å². The van der Waals surface area contributed by atoms with E-state index in [1.54, 1.807) is 5.57 Å². The highest BCUT2D eigenvalue weighted by Crippen LogP contribution is 2.77. The van der Waals surface area contributed by atoms with Gasteiger partial charge < -0.3 is 0 Å². The quantitative estimate of drug-likeness (QED) is 0.559. The molecule has 3 rings (SSSR count). The zero-order chi connectivity index (χ0) is 10.8. The molecule has 2 fully saturated rings. The number of fused-ring (bicyclic) bond motifs is 1. The van der Waals surface area contributed by atoms with Gasteiger partial charge in [0.05, 0.1) is 0 Å². The van der Waals surface area contributed by atoms with Crippen LogP contribution in [0, 0.1) is 35.0 Å². The van der Waals surface area contributed by atoms with E-state index in [0.717, 1.165) is 35.0 Å². The van der Waals surface area contributed by atoms with Crippen LogP contribution < -0.4 is 0 Å². The number of hydrogen-bond donors (Lipinski definition) is 0. The van der Waals surface area contributed by atoms with Gasteiger partial charge in [-0.15, -0.1) is 0 Å². The van der Waals surface area contributed by atoms with Crippen molar-refractivity contribution in [2.75, 3.05) is 0 Å². The standard InChI is InChI=1S/C15H24/c1-9(2)12-6-5-11(4)15-8-7-10(3)13(15)14(12)15/h7,9,11-14H,5-6,8H2,1-4H3/t11-,12+,13+,14-,15+/m1/s1. The Morgan fingerprint density at radius 1 is 1.33 bits per heavy atom. The summed E-state index contributed by atoms with van der Waals surface area (Å²) in [6.07, 6.45) is 6.91. The highest BCUT2D eigenvalue weighted by atomic mass is 14.8. The minimum Gasteiger partial charge on any atom is -0.0847 e. The number of hydrogen-bond acceptors (Lipinski definition) is 0. The Hall–Kier alpha value is -0.260. The molecule has 0 bridgehead atoms. The molecule has 3 aliphatic carbocycles. The molecule has 0 aliphatic heterocycles. The van der Waals surface area contributed by atoms with Crippen LogP contribution in [-0.2, 0) is 0 Å². The third kappa shape index (κ3) is 1.04. The highest BCUT2D eigenvalue weighted by molar-refractivity contribution is 5.35. The van der Waals surface area contributed by atoms with Crippen molar-refractivity contribution in [2.45, 2.75) is 47.0 Å². The zero-order valence-electron chi connectivity index (χ0n) is 10.6. The molecule has 1 spiro atoms. The molecule has 0 heterocycles. The van der Waals surface area contributed by atoms with E-state index < -0.39 is 0 Å². The van der Waals surface area contributed by atoms with E-state index in [2.05, 4.69) is 33.8 Å². The van der Waals surface area contributed by atoms with Gasteiger partial charge in [-0.3, -0.25) is 0 Å². The van der Waals surface area contributed by atoms with Crippen LogP contribution in [0.4, 0.5) is 0 Å². The summed E-state index contributed by atoms with van der Waals surface area (Å²) >= 11 is 0. The molecule has 0 N–H and O–H groups in total. The maximum absolute atomic E-state index is 2.53. The molecule has 15 heavy (non-hydrogen) atoms. The molecule has 0 unspecified atom stereocenters. The van der Waals surface area contributed by atoms with Crippen molar-refractivity contribution < 1.29 is 0 Å². The minimum atomic E-state index is 0.747. The maximum atomic E-state index is 2.53. The van der Waals surface area contributed by atoms with Crippen molar-refractivity contribution in [1.82, 2.24) is 0 Å². The molecule has 0 aromatic rings. The fourth-order valence-corrected chi connectivity index (χ4v) is 5.05. The summed E-state index contributed by atoms with van der Waals surface area (Å²) in [7, 11) is 0. The summed E-state index contributed by atoms with van der Waals surface area (Å²) in [5.41, 5.74) is 2.47. The van der Waals surface area contributed by atoms with E-state index in [9.17, 15) is 0 Å². The summed E-state index contributed by atoms with van der Waals surface area (Å²) in [5, 5.41) is 0. The highest BCUT2D eigenvalue weighted by Gasteiger charge is 2.71. The molecule has 5 atom stereocenters. The lowest BCUT2D eigenvalue weighted by atomic mass is 9.70. The average molecular weight is 204 g/mol. The molecule has 2 saturated carbocycles. The second-order valence-electron chi connectivity index (χ2n) is 6.65. The van der Waals surface area contributed by atoms with Crippen LogP contribution in [-0.4, -0.2) is 0 Å². The molecular formula is C15H24. The molecule has 0 saturated heterocycles. The van der Waals surface area contributed by atoms with Crippen LogP contribution >= 0.6 is 0 Å². The van der Waals surface area contributed by atoms with Gasteiger partial charge in [0.2, 0.25) is 0 Å². The number of rotatable bonds is 1. The van der Waals surface area contributed by atoms with Crippen LogP contribution in [0.3, 0.4) is 0 Å². The Kier molecular flexibility index (Phi) is 1.92. The largest absolute Gasteiger partial charge is 0.0847 e. The normalized spacial score (nSPS) is 52.5. The molecule has 0 aromatic carbocycles. The minimum absolute atomic E-state index is 0.747. The lowest BCUT2D eigenvalue weighted by molar-refractivity contribution is 0.149. The van der Waals surface area contributed by atoms with Gasteiger partial charge in [-0.2, -0.15) is 0 Å². The Balaban J connectivity index is 1.91. The van der Waals surface area contributed by atoms with Crippen LogP contribution in [0.25, 0.3) is 0 Å². The maximum Gasteiger partial charge on any atom is -0.0104 e. The van der Waals surface area contributed by atoms with E-state index in [4.69, 9.17) is 0 Å². The van der Waals surface area contributed by atoms with Gasteiger partial charge in [0.25, 0.3) is 0 Å². The number of allylic oxidation sites excluding steroid dienone is 2. The van der Waals surface area contributed by atoms with E-state index in [-0.39, 0.29) is 0 Å². The van der Waals surface area contributed by atoms with E-state index in [1.807, 2.05) is 0 Å². The smallest absolute Gasteiger partial charge is 0.0104 e. The SMILES string of the molecule is CC1=CC[C@]23[C@H]([C@H](C(C)C)CC[C@H]2C)[C@H]13. The molecule has 0 radical (unpaired) electrons. The van der Waals surface area contributed by atoms with Crippen molar-refractivity contribution in [2.24, 2.45) is 35.0 Å². The Morgan fingerprint density at radius 2 is 2.07 bits per heavy atom. The molecular weight excluding hydrogens is 180 g/mol. The first kappa shape index (κ1) is 9.93. The van der Waals surface area contributed by atoms with Crippen LogP contribution in [0.15, 0.2) is 11.6 Å². The van der Waals surface area contributed by atoms with Gasteiger partial charge in [-0.25, -0.2) is 0 Å². The van der Waals surface area contributed by atoms with E-state index in [0.29, 0.717) is 0 Å². The molecule has 84 valence electrons. The third-order valence-corrected chi connectivity index (χ3v) is 5.89. The monoisotopic (exact) mass is 204 g/mol. The van der Waals surface area contributed by atoms with E-state index in [1.165, 1.54) is 19.3 Å². The average Bonchev–Trinajstić information content (AvgIpc) is 2.75. The Morgan fingerprint density at radius 3 is 2.73 bits per heavy atom. The zero-order valence-corrected chi connectivity index (χ0v) is 10.6. The third-order valence-electron chi connectivity index (χ3n) is 5.89. The predicted molar refractivity (Wildman–Crippen MR) is 64.5 cm³/mol. The molecule has 0 aromatic heterocycles. The van der Waals surface area contributed by atoms with E-state index >= 15 is 0 Å². The molecule has 0 nitrogen and oxygen atoms in total. The molecule has 3 aliphatic rings. The topological polar surface area (TPSA) is 0 Å². The van der Waals surface area contributed by atoms with Crippen LogP contribution in [0.1, 0.15) is 47.0 Å². The predicted octanol–water partition coefficient (Wildman–Crippen LogP) is 4.27. The molecule has 0 amide bonds. The fourth-order valence-electron chi connectivity index (χ4n) is 5.05.